The summed E-state index contributed by atoms with van der Waals surface area (Å²) in [7, 11) is 5.41. The van der Waals surface area contributed by atoms with E-state index in [0.29, 0.717) is 66.6 Å². The fourth-order valence-electron chi connectivity index (χ4n) is 7.66. The third kappa shape index (κ3) is 9.57. The number of nitrogens with one attached hydrogen (secondary N) is 1. The Morgan fingerprint density at radius 3 is 2.25 bits per heavy atom. The van der Waals surface area contributed by atoms with Gasteiger partial charge in [0.15, 0.2) is 29.2 Å². The van der Waals surface area contributed by atoms with E-state index in [4.69, 9.17) is 23.7 Å². The number of nitrogens with zero attached hydrogens (tertiary/aromatic N) is 5. The number of pyridine rings is 1. The fourth-order valence-corrected chi connectivity index (χ4v) is 9.67. The second kappa shape index (κ2) is 19.4. The van der Waals surface area contributed by atoms with E-state index < -0.39 is 40.5 Å². The van der Waals surface area contributed by atoms with Crippen molar-refractivity contribution in [2.75, 3.05) is 57.3 Å². The minimum atomic E-state index is -1.50. The summed E-state index contributed by atoms with van der Waals surface area (Å²) in [5.41, 5.74) is 2.23. The number of anilines is 2. The maximum Gasteiger partial charge on any atom is 0.416 e. The molecule has 20 heteroatoms. The second-order valence-electron chi connectivity index (χ2n) is 15.1. The molecule has 2 N–H and O–H groups in total. The minimum Gasteiger partial charge on any atom is -0.493 e. The number of aromatic nitrogens is 1. The quantitative estimate of drug-likeness (QED) is 0.0493. The number of methoxy groups -OCH3 is 2. The maximum atomic E-state index is 14.0. The van der Waals surface area contributed by atoms with Crippen LogP contribution in [0.3, 0.4) is 0 Å². The van der Waals surface area contributed by atoms with Gasteiger partial charge in [-0.15, -0.1) is 6.58 Å². The van der Waals surface area contributed by atoms with E-state index in [0.717, 1.165) is 22.2 Å². The van der Waals surface area contributed by atoms with Crippen LogP contribution in [0.25, 0.3) is 0 Å². The van der Waals surface area contributed by atoms with E-state index in [9.17, 15) is 34.4 Å². The van der Waals surface area contributed by atoms with Crippen LogP contribution in [-0.4, -0.2) is 119 Å². The van der Waals surface area contributed by atoms with Crippen LogP contribution in [0.1, 0.15) is 52.8 Å². The van der Waals surface area contributed by atoms with E-state index in [1.165, 1.54) is 69.9 Å². The molecule has 4 atom stereocenters. The summed E-state index contributed by atoms with van der Waals surface area (Å²) >= 11 is 0. The lowest BCUT2D eigenvalue weighted by Crippen LogP contribution is -2.51. The topological polar surface area (TPSA) is 212 Å². The Bertz CT molecular complexity index is 2350. The van der Waals surface area contributed by atoms with Gasteiger partial charge in [-0.05, 0) is 61.1 Å². The number of unbranched alkanes of at least 4 members (excludes halogenated alkanes) is 2. The number of hydrogen-bond donors (Lipinski definition) is 2. The van der Waals surface area contributed by atoms with E-state index >= 15 is 0 Å². The molecule has 2 aromatic carbocycles. The first-order chi connectivity index (χ1) is 30.3. The number of aliphatic hydroxyl groups excluding tert-OH is 1. The Morgan fingerprint density at radius 2 is 1.60 bits per heavy atom. The van der Waals surface area contributed by atoms with Gasteiger partial charge in [-0.1, -0.05) is 41.2 Å². The number of aliphatic hydroxyl groups is 1. The van der Waals surface area contributed by atoms with Crippen LogP contribution in [0.5, 0.6) is 23.0 Å². The van der Waals surface area contributed by atoms with Gasteiger partial charge < -0.3 is 43.9 Å². The summed E-state index contributed by atoms with van der Waals surface area (Å²) in [6, 6.07) is 7.60. The number of nitro groups is 1. The number of benzene rings is 2. The van der Waals surface area contributed by atoms with Gasteiger partial charge in [-0.2, -0.15) is 0 Å². The number of ether oxygens (including phenoxy) is 5. The van der Waals surface area contributed by atoms with Crippen molar-refractivity contribution in [2.45, 2.75) is 60.7 Å². The molecule has 0 bridgehead atoms. The molecule has 2 fully saturated rings. The van der Waals surface area contributed by atoms with Gasteiger partial charge in [-0.3, -0.25) is 24.5 Å². The molecule has 0 spiro atoms. The monoisotopic (exact) mass is 902 g/mol. The highest BCUT2D eigenvalue weighted by atomic mass is 33.1. The third-order valence-corrected chi connectivity index (χ3v) is 13.5. The lowest BCUT2D eigenvalue weighted by Gasteiger charge is -2.31. The molecule has 0 aliphatic carbocycles. The van der Waals surface area contributed by atoms with Crippen molar-refractivity contribution in [3.05, 3.63) is 101 Å². The molecular weight excluding hydrogens is 857 g/mol. The van der Waals surface area contributed by atoms with E-state index in [1.54, 1.807) is 18.2 Å². The number of carbonyl (C=O) groups is 4. The lowest BCUT2D eigenvalue weighted by atomic mass is 10.1. The third-order valence-electron chi connectivity index (χ3n) is 10.9. The van der Waals surface area contributed by atoms with Gasteiger partial charge in [0.05, 0.1) is 66.2 Å². The first-order valence-electron chi connectivity index (χ1n) is 20.0. The van der Waals surface area contributed by atoms with E-state index in [1.807, 2.05) is 0 Å². The molecule has 4 amide bonds. The standard InChI is InChI=1S/C43H46N6O12S2/c1-6-27(62-63-38-11-10-26(20-44-38)49(55)56)23-61-43(54)48-31-19-37(35(58-5)17-29(31)41(52)47-22-25(3)15-33(47)42(48)53)60-13-9-7-8-12-59-36-18-30-28(16-34(36)57-4)40(51)46-21-24(2)14-32(46)39(50)45-30/h6,10-11,16-20,27,32-33,42,53H,1-3,7-9,12-15,21-23H2,4-5H3,(H,45,50)/t27-,32+,33?,42+/m1/s1. The molecule has 5 heterocycles. The molecule has 1 aromatic heterocycles. The van der Waals surface area contributed by atoms with Gasteiger partial charge in [-0.25, -0.2) is 14.7 Å². The first-order valence-corrected chi connectivity index (χ1v) is 22.2. The van der Waals surface area contributed by atoms with Crippen LogP contribution < -0.4 is 29.2 Å². The molecule has 0 saturated carbocycles. The van der Waals surface area contributed by atoms with Gasteiger partial charge in [0.2, 0.25) is 5.91 Å². The van der Waals surface area contributed by atoms with Crippen molar-refractivity contribution in [1.82, 2.24) is 14.8 Å². The number of amides is 4. The zero-order chi connectivity index (χ0) is 44.9. The summed E-state index contributed by atoms with van der Waals surface area (Å²) < 4.78 is 29.1. The highest BCUT2D eigenvalue weighted by molar-refractivity contribution is 8.77. The van der Waals surface area contributed by atoms with Crippen molar-refractivity contribution in [3.8, 4) is 23.0 Å². The van der Waals surface area contributed by atoms with E-state index in [2.05, 4.69) is 30.0 Å². The van der Waals surface area contributed by atoms with Crippen LogP contribution in [0.4, 0.5) is 21.9 Å². The summed E-state index contributed by atoms with van der Waals surface area (Å²) in [5.74, 6) is 0.224. The van der Waals surface area contributed by atoms with Crippen molar-refractivity contribution >= 4 is 62.5 Å². The van der Waals surface area contributed by atoms with Crippen LogP contribution >= 0.6 is 21.6 Å². The highest BCUT2D eigenvalue weighted by Gasteiger charge is 2.46. The Kier molecular flexibility index (Phi) is 13.8. The fraction of sp³-hybridized carbons (Fsp3) is 0.372. The molecular formula is C43H46N6O12S2. The maximum absolute atomic E-state index is 14.0. The molecule has 0 radical (unpaired) electrons. The number of fused-ring (bicyclic) bond motifs is 4. The first kappa shape index (κ1) is 44.8. The number of rotatable bonds is 17. The molecule has 4 aliphatic rings. The van der Waals surface area contributed by atoms with Gasteiger partial charge in [0.1, 0.15) is 23.9 Å². The van der Waals surface area contributed by atoms with Crippen molar-refractivity contribution in [3.63, 3.8) is 0 Å². The molecule has 63 heavy (non-hydrogen) atoms. The van der Waals surface area contributed by atoms with Crippen molar-refractivity contribution in [2.24, 2.45) is 0 Å². The van der Waals surface area contributed by atoms with Crippen LogP contribution in [0.2, 0.25) is 0 Å². The molecule has 3 aromatic rings. The smallest absolute Gasteiger partial charge is 0.416 e. The average Bonchev–Trinajstić information content (AvgIpc) is 3.84. The zero-order valence-corrected chi connectivity index (χ0v) is 36.2. The molecule has 4 aliphatic heterocycles. The summed E-state index contributed by atoms with van der Waals surface area (Å²) in [5, 5.41) is 25.7. The molecule has 18 nitrogen and oxygen atoms in total. The van der Waals surface area contributed by atoms with Gasteiger partial charge in [0.25, 0.3) is 17.5 Å². The second-order valence-corrected chi connectivity index (χ2v) is 17.6. The molecule has 2 saturated heterocycles. The van der Waals surface area contributed by atoms with Crippen molar-refractivity contribution in [1.29, 1.82) is 0 Å². The SMILES string of the molecule is C=C[C@H](COC(=O)N1c2cc(OCCCCCOc3cc4c(cc3OC)C(=O)N3CC(=C)C[C@H]3C(=O)N4)c(OC)cc2C(=O)N2CC(=C)CC2[C@@H]1O)SSc1ccc([N+](=O)[O-])cn1. The van der Waals surface area contributed by atoms with Crippen LogP contribution in [-0.2, 0) is 9.53 Å². The largest absolute Gasteiger partial charge is 0.493 e. The van der Waals surface area contributed by atoms with E-state index in [-0.39, 0.29) is 66.4 Å². The summed E-state index contributed by atoms with van der Waals surface area (Å²) in [6.07, 6.45) is 2.87. The Balaban J connectivity index is 0.987. The van der Waals surface area contributed by atoms with Crippen molar-refractivity contribution < 1.29 is 52.9 Å². The minimum absolute atomic E-state index is 0.0763. The van der Waals surface area contributed by atoms with Gasteiger partial charge in [0, 0.05) is 31.3 Å². The molecule has 7 rings (SSSR count). The predicted octanol–water partition coefficient (Wildman–Crippen LogP) is 6.40. The lowest BCUT2D eigenvalue weighted by molar-refractivity contribution is -0.385. The Morgan fingerprint density at radius 1 is 0.952 bits per heavy atom. The number of carbonyl (C=O) groups excluding carboxylic acids is 4. The summed E-state index contributed by atoms with van der Waals surface area (Å²) in [4.78, 5) is 72.9. The van der Waals surface area contributed by atoms with Gasteiger partial charge >= 0.3 is 6.09 Å². The number of hydrogen-bond acceptors (Lipinski definition) is 15. The Labute approximate surface area is 370 Å². The van der Waals surface area contributed by atoms with Crippen LogP contribution in [0, 0.1) is 10.1 Å². The normalized spacial score (nSPS) is 19.5. The highest BCUT2D eigenvalue weighted by Crippen LogP contribution is 2.43. The predicted molar refractivity (Wildman–Crippen MR) is 235 cm³/mol. The Hall–Kier alpha value is -6.25. The average molecular weight is 903 g/mol. The van der Waals surface area contributed by atoms with Crippen LogP contribution in [0.15, 0.2) is 84.6 Å². The summed E-state index contributed by atoms with van der Waals surface area (Å²) in [6.45, 7) is 12.7. The molecule has 332 valence electrons. The molecule has 1 unspecified atom stereocenters. The zero-order valence-electron chi connectivity index (χ0n) is 34.6.